The Labute approximate surface area is 224 Å². The third-order valence-electron chi connectivity index (χ3n) is 6.33. The first-order chi connectivity index (χ1) is 18.7. The fraction of sp³-hybridized carbons (Fsp3) is 0.640. The molecule has 2 aliphatic heterocycles. The van der Waals surface area contributed by atoms with E-state index in [9.17, 15) is 39.9 Å². The van der Waals surface area contributed by atoms with Crippen molar-refractivity contribution in [2.24, 2.45) is 0 Å². The third-order valence-corrected chi connectivity index (χ3v) is 6.33. The summed E-state index contributed by atoms with van der Waals surface area (Å²) in [5.41, 5.74) is 0.756. The van der Waals surface area contributed by atoms with Crippen LogP contribution in [0.2, 0.25) is 0 Å². The van der Waals surface area contributed by atoms with Crippen LogP contribution in [0, 0.1) is 0 Å². The number of nitrogens with one attached hydrogen (secondary N) is 1. The van der Waals surface area contributed by atoms with Crippen LogP contribution in [0.5, 0.6) is 0 Å². The lowest BCUT2D eigenvalue weighted by atomic mass is 9.95. The highest BCUT2D eigenvalue weighted by molar-refractivity contribution is 5.73. The Morgan fingerprint density at radius 1 is 1.00 bits per heavy atom. The largest absolute Gasteiger partial charge is 0.479 e. The summed E-state index contributed by atoms with van der Waals surface area (Å²) in [6.07, 6.45) is -12.8. The lowest BCUT2D eigenvalue weighted by molar-refractivity contribution is -0.347. The van der Waals surface area contributed by atoms with Crippen LogP contribution in [0.1, 0.15) is 25.3 Å². The molecule has 1 aromatic carbocycles. The van der Waals surface area contributed by atoms with Crippen molar-refractivity contribution in [3.8, 4) is 0 Å². The van der Waals surface area contributed by atoms with Gasteiger partial charge in [-0.05, 0) is 12.0 Å². The van der Waals surface area contributed by atoms with Gasteiger partial charge in [0.15, 0.2) is 18.7 Å². The SMILES string of the molecule is CC(=O)N[C@H]1[C@H](OCCCC=O)O[C@H](CO)[C@@H](O[C@@H]2O[C@H](C(=O)O)[C@@H](O)[C@H](O)[C@H]2O)[C@@H]1OCc1ccccc1. The number of unbranched alkanes of at least 4 members (excludes halogenated alkanes) is 1. The molecule has 2 aliphatic rings. The maximum absolute atomic E-state index is 12.1. The first-order valence-electron chi connectivity index (χ1n) is 12.5. The highest BCUT2D eigenvalue weighted by Crippen LogP contribution is 2.32. The van der Waals surface area contributed by atoms with Crippen molar-refractivity contribution >= 4 is 18.2 Å². The van der Waals surface area contributed by atoms with Crippen LogP contribution in [0.4, 0.5) is 0 Å². The van der Waals surface area contributed by atoms with Crippen LogP contribution >= 0.6 is 0 Å². The molecule has 1 aromatic rings. The number of aliphatic carboxylic acids is 1. The van der Waals surface area contributed by atoms with E-state index in [1.54, 1.807) is 24.3 Å². The van der Waals surface area contributed by atoms with Gasteiger partial charge in [-0.25, -0.2) is 4.79 Å². The van der Waals surface area contributed by atoms with Gasteiger partial charge in [-0.3, -0.25) is 4.79 Å². The molecule has 0 radical (unpaired) electrons. The molecule has 0 saturated carbocycles. The molecule has 6 N–H and O–H groups in total. The molecule has 0 spiro atoms. The minimum absolute atomic E-state index is 0.0185. The van der Waals surface area contributed by atoms with Crippen molar-refractivity contribution in [2.75, 3.05) is 13.2 Å². The van der Waals surface area contributed by atoms with Crippen LogP contribution in [0.3, 0.4) is 0 Å². The Kier molecular flexibility index (Phi) is 11.7. The molecule has 14 nitrogen and oxygen atoms in total. The second kappa shape index (κ2) is 14.7. The molecule has 2 heterocycles. The van der Waals surface area contributed by atoms with Gasteiger partial charge in [-0.15, -0.1) is 0 Å². The summed E-state index contributed by atoms with van der Waals surface area (Å²) in [6, 6.07) is 7.97. The summed E-state index contributed by atoms with van der Waals surface area (Å²) in [5, 5.41) is 53.0. The average Bonchev–Trinajstić information content (AvgIpc) is 2.91. The van der Waals surface area contributed by atoms with Crippen molar-refractivity contribution in [1.82, 2.24) is 5.32 Å². The number of hydrogen-bond donors (Lipinski definition) is 6. The summed E-state index contributed by atoms with van der Waals surface area (Å²) in [6.45, 7) is 0.718. The van der Waals surface area contributed by atoms with E-state index in [4.69, 9.17) is 23.7 Å². The number of ether oxygens (including phenoxy) is 5. The van der Waals surface area contributed by atoms with E-state index in [-0.39, 0.29) is 19.6 Å². The molecule has 0 bridgehead atoms. The van der Waals surface area contributed by atoms with Crippen molar-refractivity contribution < 1.29 is 63.6 Å². The zero-order valence-corrected chi connectivity index (χ0v) is 21.3. The van der Waals surface area contributed by atoms with Gasteiger partial charge in [-0.2, -0.15) is 0 Å². The van der Waals surface area contributed by atoms with E-state index < -0.39 is 79.8 Å². The zero-order chi connectivity index (χ0) is 28.5. The lowest BCUT2D eigenvalue weighted by Gasteiger charge is -2.48. The molecular formula is C25H35NO13. The lowest BCUT2D eigenvalue weighted by Crippen LogP contribution is -2.68. The number of carbonyl (C=O) groups is 3. The smallest absolute Gasteiger partial charge is 0.335 e. The van der Waals surface area contributed by atoms with Crippen LogP contribution < -0.4 is 5.32 Å². The third kappa shape index (κ3) is 8.00. The predicted molar refractivity (Wildman–Crippen MR) is 129 cm³/mol. The fourth-order valence-corrected chi connectivity index (χ4v) is 4.40. The molecule has 0 aliphatic carbocycles. The molecule has 14 heteroatoms. The van der Waals surface area contributed by atoms with Crippen LogP contribution in [-0.4, -0.2) is 118 Å². The summed E-state index contributed by atoms with van der Waals surface area (Å²) in [7, 11) is 0. The van der Waals surface area contributed by atoms with Crippen molar-refractivity contribution in [2.45, 2.75) is 87.7 Å². The Bertz CT molecular complexity index is 934. The number of rotatable bonds is 13. The maximum Gasteiger partial charge on any atom is 0.335 e. The van der Waals surface area contributed by atoms with Gasteiger partial charge in [0, 0.05) is 13.3 Å². The van der Waals surface area contributed by atoms with Gasteiger partial charge < -0.3 is 59.3 Å². The second-order valence-corrected chi connectivity index (χ2v) is 9.23. The van der Waals surface area contributed by atoms with E-state index in [2.05, 4.69) is 5.32 Å². The number of aldehydes is 1. The predicted octanol–water partition coefficient (Wildman–Crippen LogP) is -1.93. The Hall–Kier alpha value is -2.53. The number of carboxylic acids is 1. The molecule has 2 saturated heterocycles. The number of amides is 1. The minimum atomic E-state index is -1.94. The van der Waals surface area contributed by atoms with Gasteiger partial charge in [0.25, 0.3) is 0 Å². The van der Waals surface area contributed by atoms with E-state index >= 15 is 0 Å². The summed E-state index contributed by atoms with van der Waals surface area (Å²) in [5.74, 6) is -2.07. The van der Waals surface area contributed by atoms with Crippen LogP contribution in [-0.2, 0) is 44.7 Å². The zero-order valence-electron chi connectivity index (χ0n) is 21.3. The molecule has 2 fully saturated rings. The minimum Gasteiger partial charge on any atom is -0.479 e. The molecule has 10 atom stereocenters. The number of aliphatic hydroxyl groups excluding tert-OH is 4. The summed E-state index contributed by atoms with van der Waals surface area (Å²) >= 11 is 0. The number of hydrogen-bond acceptors (Lipinski definition) is 12. The molecular weight excluding hydrogens is 522 g/mol. The molecule has 0 unspecified atom stereocenters. The van der Waals surface area contributed by atoms with Crippen molar-refractivity contribution in [3.63, 3.8) is 0 Å². The monoisotopic (exact) mass is 557 g/mol. The summed E-state index contributed by atoms with van der Waals surface area (Å²) in [4.78, 5) is 34.4. The molecule has 1 amide bonds. The average molecular weight is 558 g/mol. The van der Waals surface area contributed by atoms with Gasteiger partial charge in [0.05, 0.1) is 19.8 Å². The quantitative estimate of drug-likeness (QED) is 0.115. The molecule has 218 valence electrons. The van der Waals surface area contributed by atoms with E-state index in [0.717, 1.165) is 11.8 Å². The van der Waals surface area contributed by atoms with Gasteiger partial charge in [0.1, 0.15) is 49.0 Å². The van der Waals surface area contributed by atoms with Gasteiger partial charge in [0.2, 0.25) is 5.91 Å². The molecule has 0 aromatic heterocycles. The highest BCUT2D eigenvalue weighted by atomic mass is 16.7. The van der Waals surface area contributed by atoms with E-state index in [1.165, 1.54) is 6.92 Å². The fourth-order valence-electron chi connectivity index (χ4n) is 4.40. The number of carboxylic acid groups (broad SMARTS) is 1. The standard InChI is InChI=1S/C25H35NO13/c1-13(29)26-16-21(36-12-14-7-3-2-4-8-14)20(15(11-28)37-24(16)35-10-6-5-9-27)38-25-19(32)17(30)18(31)22(39-25)23(33)34/h2-4,7-9,15-22,24-25,28,30-32H,5-6,10-12H2,1H3,(H,26,29)(H,33,34)/t15-,16-,17+,18+,19-,20-,21-,22+,24-,25-/m1/s1. The Morgan fingerprint density at radius 3 is 2.33 bits per heavy atom. The first kappa shape index (κ1) is 31.0. The normalized spacial score (nSPS) is 34.8. The highest BCUT2D eigenvalue weighted by Gasteiger charge is 2.53. The summed E-state index contributed by atoms with van der Waals surface area (Å²) < 4.78 is 28.9. The molecule has 39 heavy (non-hydrogen) atoms. The Balaban J connectivity index is 1.92. The van der Waals surface area contributed by atoms with Gasteiger partial charge in [-0.1, -0.05) is 30.3 Å². The van der Waals surface area contributed by atoms with E-state index in [1.807, 2.05) is 6.07 Å². The van der Waals surface area contributed by atoms with Gasteiger partial charge >= 0.3 is 5.97 Å². The van der Waals surface area contributed by atoms with Crippen LogP contribution in [0.25, 0.3) is 0 Å². The molecule has 3 rings (SSSR count). The maximum atomic E-state index is 12.1. The number of benzene rings is 1. The first-order valence-corrected chi connectivity index (χ1v) is 12.5. The second-order valence-electron chi connectivity index (χ2n) is 9.23. The van der Waals surface area contributed by atoms with Crippen LogP contribution in [0.15, 0.2) is 30.3 Å². The van der Waals surface area contributed by atoms with Crippen molar-refractivity contribution in [1.29, 1.82) is 0 Å². The topological polar surface area (TPSA) is 211 Å². The van der Waals surface area contributed by atoms with E-state index in [0.29, 0.717) is 6.42 Å². The number of carbonyl (C=O) groups excluding carboxylic acids is 2. The van der Waals surface area contributed by atoms with Crippen molar-refractivity contribution in [3.05, 3.63) is 35.9 Å². The number of aliphatic hydroxyl groups is 4. The Morgan fingerprint density at radius 2 is 1.72 bits per heavy atom.